The minimum atomic E-state index is -0.855. The van der Waals surface area contributed by atoms with Gasteiger partial charge in [0, 0.05) is 28.3 Å². The molecule has 1 atom stereocenters. The zero-order valence-electron chi connectivity index (χ0n) is 19.3. The molecular weight excluding hydrogens is 492 g/mol. The van der Waals surface area contributed by atoms with Crippen molar-refractivity contribution >= 4 is 40.2 Å². The second kappa shape index (κ2) is 10.1. The number of rotatable bonds is 7. The number of aliphatic hydroxyl groups is 1. The van der Waals surface area contributed by atoms with Crippen LogP contribution in [0, 0.1) is 10.1 Å². The summed E-state index contributed by atoms with van der Waals surface area (Å²) in [5, 5.41) is 23.9. The molecule has 0 saturated carbocycles. The highest BCUT2D eigenvalue weighted by Crippen LogP contribution is 2.43. The zero-order valence-corrected chi connectivity index (χ0v) is 20.1. The first-order valence-electron chi connectivity index (χ1n) is 11.3. The summed E-state index contributed by atoms with van der Waals surface area (Å²) < 4.78 is 5.83. The predicted octanol–water partition coefficient (Wildman–Crippen LogP) is 5.86. The van der Waals surface area contributed by atoms with Crippen molar-refractivity contribution in [1.82, 2.24) is 0 Å². The maximum atomic E-state index is 13.2. The van der Waals surface area contributed by atoms with Gasteiger partial charge in [-0.3, -0.25) is 24.6 Å². The average molecular weight is 513 g/mol. The number of hydrogen-bond donors (Lipinski definition) is 1. The molecule has 5 rings (SSSR count). The Morgan fingerprint density at radius 2 is 1.65 bits per heavy atom. The number of anilines is 1. The van der Waals surface area contributed by atoms with Gasteiger partial charge in [-0.05, 0) is 53.4 Å². The van der Waals surface area contributed by atoms with Crippen molar-refractivity contribution in [2.75, 3.05) is 4.90 Å². The molecule has 0 bridgehead atoms. The van der Waals surface area contributed by atoms with E-state index in [1.54, 1.807) is 36.4 Å². The van der Waals surface area contributed by atoms with Gasteiger partial charge in [-0.25, -0.2) is 0 Å². The lowest BCUT2D eigenvalue weighted by atomic mass is 9.99. The van der Waals surface area contributed by atoms with Gasteiger partial charge in [0.05, 0.1) is 10.5 Å². The molecule has 37 heavy (non-hydrogen) atoms. The monoisotopic (exact) mass is 512 g/mol. The largest absolute Gasteiger partial charge is 0.507 e. The number of carbonyl (C=O) groups excluding carboxylic acids is 2. The van der Waals surface area contributed by atoms with E-state index in [4.69, 9.17) is 4.74 Å². The summed E-state index contributed by atoms with van der Waals surface area (Å²) in [4.78, 5) is 38.9. The third-order valence-corrected chi connectivity index (χ3v) is 6.90. The number of ketones is 1. The fourth-order valence-corrected chi connectivity index (χ4v) is 4.98. The van der Waals surface area contributed by atoms with Crippen molar-refractivity contribution in [3.8, 4) is 5.75 Å². The van der Waals surface area contributed by atoms with Crippen LogP contribution in [-0.4, -0.2) is 21.7 Å². The number of non-ortho nitro benzene ring substituents is 1. The SMILES string of the molecule is O=C1C(=O)N(c2ccc(OCc3ccccc3)cc2)C(c2cccs2)/C1=C(/O)c1ccc([N+](=O)[O-])cc1. The van der Waals surface area contributed by atoms with Gasteiger partial charge >= 0.3 is 0 Å². The molecule has 2 heterocycles. The molecule has 1 saturated heterocycles. The van der Waals surface area contributed by atoms with Gasteiger partial charge in [0.15, 0.2) is 0 Å². The Morgan fingerprint density at radius 1 is 0.946 bits per heavy atom. The number of Topliss-reactive ketones (excluding diaryl/α,β-unsaturated/α-hetero) is 1. The summed E-state index contributed by atoms with van der Waals surface area (Å²) in [5.41, 5.74) is 1.46. The number of hydrogen-bond acceptors (Lipinski definition) is 7. The van der Waals surface area contributed by atoms with Crippen LogP contribution in [0.1, 0.15) is 22.0 Å². The quantitative estimate of drug-likeness (QED) is 0.109. The van der Waals surface area contributed by atoms with Gasteiger partial charge in [0.2, 0.25) is 0 Å². The van der Waals surface area contributed by atoms with Gasteiger partial charge in [-0.15, -0.1) is 11.3 Å². The van der Waals surface area contributed by atoms with Crippen LogP contribution in [0.25, 0.3) is 5.76 Å². The summed E-state index contributed by atoms with van der Waals surface area (Å²) in [6.45, 7) is 0.384. The molecule has 1 fully saturated rings. The lowest BCUT2D eigenvalue weighted by Gasteiger charge is -2.24. The van der Waals surface area contributed by atoms with E-state index in [0.717, 1.165) is 5.56 Å². The smallest absolute Gasteiger partial charge is 0.300 e. The molecule has 1 unspecified atom stereocenters. The van der Waals surface area contributed by atoms with Crippen LogP contribution in [-0.2, 0) is 16.2 Å². The van der Waals surface area contributed by atoms with Crippen LogP contribution < -0.4 is 9.64 Å². The van der Waals surface area contributed by atoms with E-state index in [1.807, 2.05) is 35.7 Å². The van der Waals surface area contributed by atoms with Crippen LogP contribution in [0.4, 0.5) is 11.4 Å². The van der Waals surface area contributed by atoms with Crippen LogP contribution in [0.3, 0.4) is 0 Å². The lowest BCUT2D eigenvalue weighted by Crippen LogP contribution is -2.29. The molecular formula is C28H20N2O6S. The number of carbonyl (C=O) groups is 2. The van der Waals surface area contributed by atoms with E-state index in [0.29, 0.717) is 22.9 Å². The number of thiophene rings is 1. The number of aliphatic hydroxyl groups excluding tert-OH is 1. The number of benzene rings is 3. The highest BCUT2D eigenvalue weighted by molar-refractivity contribution is 7.10. The summed E-state index contributed by atoms with van der Waals surface area (Å²) in [6.07, 6.45) is 0. The number of nitrogens with zero attached hydrogens (tertiary/aromatic N) is 2. The molecule has 1 aromatic heterocycles. The number of amides is 1. The first-order chi connectivity index (χ1) is 17.9. The van der Waals surface area contributed by atoms with Crippen LogP contribution in [0.15, 0.2) is 102 Å². The zero-order chi connectivity index (χ0) is 25.9. The van der Waals surface area contributed by atoms with E-state index >= 15 is 0 Å². The Balaban J connectivity index is 1.49. The van der Waals surface area contributed by atoms with Crippen molar-refractivity contribution < 1.29 is 24.4 Å². The highest BCUT2D eigenvalue weighted by atomic mass is 32.1. The number of ether oxygens (including phenoxy) is 1. The molecule has 4 aromatic rings. The van der Waals surface area contributed by atoms with Crippen LogP contribution >= 0.6 is 11.3 Å². The van der Waals surface area contributed by atoms with Crippen LogP contribution in [0.2, 0.25) is 0 Å². The van der Waals surface area contributed by atoms with Gasteiger partial charge in [0.1, 0.15) is 24.2 Å². The van der Waals surface area contributed by atoms with Crippen LogP contribution in [0.5, 0.6) is 5.75 Å². The normalized spacial score (nSPS) is 16.6. The van der Waals surface area contributed by atoms with Crippen molar-refractivity contribution in [2.24, 2.45) is 0 Å². The van der Waals surface area contributed by atoms with Crippen molar-refractivity contribution in [1.29, 1.82) is 0 Å². The first kappa shape index (κ1) is 24.0. The topological polar surface area (TPSA) is 110 Å². The highest BCUT2D eigenvalue weighted by Gasteiger charge is 2.47. The second-order valence-electron chi connectivity index (χ2n) is 8.26. The molecule has 0 radical (unpaired) electrons. The molecule has 9 heteroatoms. The maximum Gasteiger partial charge on any atom is 0.300 e. The standard InChI is InChI=1S/C28H20N2O6S/c31-26(19-8-10-21(11-9-19)30(34)35)24-25(23-7-4-16-37-23)29(28(33)27(24)32)20-12-14-22(15-13-20)36-17-18-5-2-1-3-6-18/h1-16,25,31H,17H2/b26-24-. The third kappa shape index (κ3) is 4.72. The molecule has 1 amide bonds. The molecule has 0 spiro atoms. The minimum absolute atomic E-state index is 0.0780. The molecule has 1 N–H and O–H groups in total. The average Bonchev–Trinajstić information content (AvgIpc) is 3.55. The Labute approximate surface area is 215 Å². The van der Waals surface area contributed by atoms with E-state index < -0.39 is 28.4 Å². The van der Waals surface area contributed by atoms with E-state index in [9.17, 15) is 24.8 Å². The molecule has 1 aliphatic rings. The van der Waals surface area contributed by atoms with Crippen molar-refractivity contribution in [2.45, 2.75) is 12.6 Å². The Bertz CT molecular complexity index is 1480. The first-order valence-corrected chi connectivity index (χ1v) is 12.2. The fourth-order valence-electron chi connectivity index (χ4n) is 4.16. The maximum absolute atomic E-state index is 13.2. The van der Waals surface area contributed by atoms with E-state index in [2.05, 4.69) is 0 Å². The summed E-state index contributed by atoms with van der Waals surface area (Å²) >= 11 is 1.35. The van der Waals surface area contributed by atoms with Gasteiger partial charge in [-0.2, -0.15) is 0 Å². The Kier molecular flexibility index (Phi) is 6.53. The molecule has 184 valence electrons. The molecule has 3 aromatic carbocycles. The second-order valence-corrected chi connectivity index (χ2v) is 9.24. The molecule has 0 aliphatic carbocycles. The lowest BCUT2D eigenvalue weighted by molar-refractivity contribution is -0.384. The van der Waals surface area contributed by atoms with E-state index in [-0.39, 0.29) is 16.8 Å². The van der Waals surface area contributed by atoms with E-state index in [1.165, 1.54) is 40.5 Å². The number of nitro benzene ring substituents is 1. The minimum Gasteiger partial charge on any atom is -0.507 e. The molecule has 8 nitrogen and oxygen atoms in total. The summed E-state index contributed by atoms with van der Waals surface area (Å²) in [7, 11) is 0. The Hall–Kier alpha value is -4.76. The third-order valence-electron chi connectivity index (χ3n) is 5.97. The molecule has 1 aliphatic heterocycles. The fraction of sp³-hybridized carbons (Fsp3) is 0.0714. The van der Waals surface area contributed by atoms with Crippen molar-refractivity contribution in [3.05, 3.63) is 128 Å². The summed E-state index contributed by atoms with van der Waals surface area (Å²) in [6, 6.07) is 24.4. The van der Waals surface area contributed by atoms with Gasteiger partial charge in [0.25, 0.3) is 17.4 Å². The predicted molar refractivity (Wildman–Crippen MR) is 139 cm³/mol. The Morgan fingerprint density at radius 3 is 2.27 bits per heavy atom. The number of nitro groups is 1. The van der Waals surface area contributed by atoms with Crippen molar-refractivity contribution in [3.63, 3.8) is 0 Å². The van der Waals surface area contributed by atoms with Gasteiger partial charge < -0.3 is 9.84 Å². The summed E-state index contributed by atoms with van der Waals surface area (Å²) in [5.74, 6) is -1.40. The van der Waals surface area contributed by atoms with Gasteiger partial charge in [-0.1, -0.05) is 36.4 Å².